The third-order valence-electron chi connectivity index (χ3n) is 2.03. The standard InChI is InChI=1S/C8H14BrNO3/c1-2-13-8(12)10-4-3-6(9)7(11)5-10/h6-7,11H,2-5H2,1H3/t6-,7+/m1/s1. The average molecular weight is 252 g/mol. The first-order valence-electron chi connectivity index (χ1n) is 4.39. The van der Waals surface area contributed by atoms with E-state index in [1.165, 1.54) is 4.90 Å². The zero-order chi connectivity index (χ0) is 9.84. The van der Waals surface area contributed by atoms with E-state index < -0.39 is 6.10 Å². The fourth-order valence-corrected chi connectivity index (χ4v) is 1.66. The molecule has 1 heterocycles. The van der Waals surface area contributed by atoms with Crippen LogP contribution in [0.3, 0.4) is 0 Å². The number of carbonyl (C=O) groups is 1. The molecule has 0 unspecified atom stereocenters. The smallest absolute Gasteiger partial charge is 0.409 e. The minimum Gasteiger partial charge on any atom is -0.450 e. The normalized spacial score (nSPS) is 28.7. The number of β-amino-alcohol motifs (C(OH)–C–C–N with tert-alkyl or cyclic N) is 1. The number of ether oxygens (including phenoxy) is 1. The summed E-state index contributed by atoms with van der Waals surface area (Å²) in [4.78, 5) is 12.9. The van der Waals surface area contributed by atoms with Gasteiger partial charge in [-0.2, -0.15) is 0 Å². The van der Waals surface area contributed by atoms with E-state index in [2.05, 4.69) is 15.9 Å². The van der Waals surface area contributed by atoms with Gasteiger partial charge in [0.15, 0.2) is 0 Å². The molecule has 1 fully saturated rings. The monoisotopic (exact) mass is 251 g/mol. The zero-order valence-corrected chi connectivity index (χ0v) is 9.16. The number of rotatable bonds is 1. The van der Waals surface area contributed by atoms with E-state index >= 15 is 0 Å². The van der Waals surface area contributed by atoms with Gasteiger partial charge in [-0.15, -0.1) is 0 Å². The minimum absolute atomic E-state index is 0.0955. The van der Waals surface area contributed by atoms with Crippen LogP contribution in [-0.4, -0.2) is 46.7 Å². The summed E-state index contributed by atoms with van der Waals surface area (Å²) in [6.45, 7) is 3.15. The molecule has 0 aliphatic carbocycles. The molecule has 0 saturated carbocycles. The molecule has 0 aromatic rings. The summed E-state index contributed by atoms with van der Waals surface area (Å²) >= 11 is 3.34. The van der Waals surface area contributed by atoms with Gasteiger partial charge in [0.1, 0.15) is 0 Å². The molecule has 1 saturated heterocycles. The number of aliphatic hydroxyl groups excluding tert-OH is 1. The van der Waals surface area contributed by atoms with E-state index in [4.69, 9.17) is 4.74 Å². The van der Waals surface area contributed by atoms with Gasteiger partial charge in [-0.3, -0.25) is 0 Å². The lowest BCUT2D eigenvalue weighted by molar-refractivity contribution is 0.0556. The van der Waals surface area contributed by atoms with Crippen LogP contribution in [0.4, 0.5) is 4.79 Å². The number of likely N-dealkylation sites (tertiary alicyclic amines) is 1. The first-order valence-corrected chi connectivity index (χ1v) is 5.30. The average Bonchev–Trinajstić information content (AvgIpc) is 2.10. The number of nitrogens with zero attached hydrogens (tertiary/aromatic N) is 1. The van der Waals surface area contributed by atoms with Crippen LogP contribution in [0.15, 0.2) is 0 Å². The van der Waals surface area contributed by atoms with Crippen LogP contribution in [0.25, 0.3) is 0 Å². The fraction of sp³-hybridized carbons (Fsp3) is 0.875. The highest BCUT2D eigenvalue weighted by molar-refractivity contribution is 9.09. The highest BCUT2D eigenvalue weighted by Crippen LogP contribution is 2.18. The van der Waals surface area contributed by atoms with Crippen molar-refractivity contribution in [3.63, 3.8) is 0 Å². The van der Waals surface area contributed by atoms with Gasteiger partial charge >= 0.3 is 6.09 Å². The van der Waals surface area contributed by atoms with Crippen molar-refractivity contribution in [2.75, 3.05) is 19.7 Å². The van der Waals surface area contributed by atoms with Crippen molar-refractivity contribution >= 4 is 22.0 Å². The number of carbonyl (C=O) groups excluding carboxylic acids is 1. The number of hydrogen-bond donors (Lipinski definition) is 1. The van der Waals surface area contributed by atoms with Crippen LogP contribution >= 0.6 is 15.9 Å². The largest absolute Gasteiger partial charge is 0.450 e. The van der Waals surface area contributed by atoms with E-state index in [9.17, 15) is 9.90 Å². The van der Waals surface area contributed by atoms with Gasteiger partial charge in [0.05, 0.1) is 19.3 Å². The van der Waals surface area contributed by atoms with Crippen LogP contribution in [-0.2, 0) is 4.74 Å². The van der Waals surface area contributed by atoms with Crippen LogP contribution in [0.5, 0.6) is 0 Å². The van der Waals surface area contributed by atoms with Crippen LogP contribution < -0.4 is 0 Å². The number of halogens is 1. The second-order valence-electron chi connectivity index (χ2n) is 3.02. The van der Waals surface area contributed by atoms with E-state index in [1.807, 2.05) is 0 Å². The summed E-state index contributed by atoms with van der Waals surface area (Å²) < 4.78 is 4.83. The molecule has 1 aliphatic heterocycles. The number of piperidine rings is 1. The molecule has 1 aliphatic rings. The SMILES string of the molecule is CCOC(=O)N1CC[C@@H](Br)[C@@H](O)C1. The Kier molecular flexibility index (Phi) is 3.99. The molecule has 1 amide bonds. The molecule has 76 valence electrons. The summed E-state index contributed by atoms with van der Waals surface area (Å²) in [7, 11) is 0. The highest BCUT2D eigenvalue weighted by Gasteiger charge is 2.28. The van der Waals surface area contributed by atoms with Gasteiger partial charge in [-0.1, -0.05) is 15.9 Å². The van der Waals surface area contributed by atoms with Crippen molar-refractivity contribution in [1.82, 2.24) is 4.90 Å². The highest BCUT2D eigenvalue weighted by atomic mass is 79.9. The summed E-state index contributed by atoms with van der Waals surface area (Å²) in [5, 5.41) is 9.47. The van der Waals surface area contributed by atoms with Crippen LogP contribution in [0, 0.1) is 0 Å². The molecule has 1 N–H and O–H groups in total. The minimum atomic E-state index is -0.488. The number of amides is 1. The molecule has 0 aromatic heterocycles. The van der Waals surface area contributed by atoms with Crippen molar-refractivity contribution in [2.24, 2.45) is 0 Å². The van der Waals surface area contributed by atoms with Gasteiger partial charge in [0.25, 0.3) is 0 Å². The van der Waals surface area contributed by atoms with Gasteiger partial charge in [0, 0.05) is 11.4 Å². The van der Waals surface area contributed by atoms with Crippen molar-refractivity contribution in [3.05, 3.63) is 0 Å². The van der Waals surface area contributed by atoms with Gasteiger partial charge in [-0.25, -0.2) is 4.79 Å². The number of hydrogen-bond acceptors (Lipinski definition) is 3. The van der Waals surface area contributed by atoms with Gasteiger partial charge < -0.3 is 14.7 Å². The second-order valence-corrected chi connectivity index (χ2v) is 4.19. The van der Waals surface area contributed by atoms with E-state index in [0.29, 0.717) is 19.7 Å². The number of aliphatic hydroxyl groups is 1. The lowest BCUT2D eigenvalue weighted by Gasteiger charge is -2.32. The Bertz CT molecular complexity index is 188. The summed E-state index contributed by atoms with van der Waals surface area (Å²) in [6, 6.07) is 0. The predicted octanol–water partition coefficient (Wildman–Crippen LogP) is 0.973. The molecular formula is C8H14BrNO3. The lowest BCUT2D eigenvalue weighted by Crippen LogP contribution is -2.47. The zero-order valence-electron chi connectivity index (χ0n) is 7.57. The Morgan fingerprint density at radius 1 is 1.77 bits per heavy atom. The van der Waals surface area contributed by atoms with Crippen LogP contribution in [0.1, 0.15) is 13.3 Å². The quantitative estimate of drug-likeness (QED) is 0.707. The Hall–Kier alpha value is -0.290. The van der Waals surface area contributed by atoms with Crippen molar-refractivity contribution < 1.29 is 14.6 Å². The Labute approximate surface area is 86.0 Å². The maximum Gasteiger partial charge on any atom is 0.409 e. The predicted molar refractivity (Wildman–Crippen MR) is 51.9 cm³/mol. The molecule has 5 heteroatoms. The maximum atomic E-state index is 11.2. The van der Waals surface area contributed by atoms with Crippen molar-refractivity contribution in [3.8, 4) is 0 Å². The van der Waals surface area contributed by atoms with Gasteiger partial charge in [0.2, 0.25) is 0 Å². The molecular weight excluding hydrogens is 238 g/mol. The lowest BCUT2D eigenvalue weighted by atomic mass is 10.1. The first-order chi connectivity index (χ1) is 6.15. The molecule has 1 rings (SSSR count). The first kappa shape index (κ1) is 10.8. The molecule has 0 bridgehead atoms. The van der Waals surface area contributed by atoms with Crippen molar-refractivity contribution in [2.45, 2.75) is 24.3 Å². The maximum absolute atomic E-state index is 11.2. The third kappa shape index (κ3) is 2.84. The number of alkyl halides is 1. The summed E-state index contributed by atoms with van der Waals surface area (Å²) in [5.41, 5.74) is 0. The van der Waals surface area contributed by atoms with E-state index in [1.54, 1.807) is 6.92 Å². The molecule has 0 radical (unpaired) electrons. The third-order valence-corrected chi connectivity index (χ3v) is 3.09. The Morgan fingerprint density at radius 2 is 2.46 bits per heavy atom. The Morgan fingerprint density at radius 3 is 3.00 bits per heavy atom. The summed E-state index contributed by atoms with van der Waals surface area (Å²) in [5.74, 6) is 0. The molecule has 2 atom stereocenters. The van der Waals surface area contributed by atoms with E-state index in [0.717, 1.165) is 6.42 Å². The molecule has 4 nitrogen and oxygen atoms in total. The van der Waals surface area contributed by atoms with Crippen LogP contribution in [0.2, 0.25) is 0 Å². The topological polar surface area (TPSA) is 49.8 Å². The molecule has 0 aromatic carbocycles. The molecule has 0 spiro atoms. The fourth-order valence-electron chi connectivity index (χ4n) is 1.28. The van der Waals surface area contributed by atoms with E-state index in [-0.39, 0.29) is 10.9 Å². The van der Waals surface area contributed by atoms with Crippen molar-refractivity contribution in [1.29, 1.82) is 0 Å². The van der Waals surface area contributed by atoms with Gasteiger partial charge in [-0.05, 0) is 13.3 Å². The second kappa shape index (κ2) is 4.81. The molecule has 13 heavy (non-hydrogen) atoms. The summed E-state index contributed by atoms with van der Waals surface area (Å²) in [6.07, 6.45) is -0.0564. The Balaban J connectivity index is 2.40.